The standard InChI is InChI=1S/C6H14N2O3/c7-5(1-3-9)6(11)8-2-4-10/h5,9-10H,1-4,7H2,(H,8,11)/t5-/m0/s1. The van der Waals surface area contributed by atoms with Gasteiger partial charge in [-0.1, -0.05) is 0 Å². The Kier molecular flexibility index (Phi) is 5.73. The minimum absolute atomic E-state index is 0.0996. The molecule has 5 nitrogen and oxygen atoms in total. The van der Waals surface area contributed by atoms with Crippen molar-refractivity contribution in [3.8, 4) is 0 Å². The predicted octanol–water partition coefficient (Wildman–Crippen LogP) is -2.20. The van der Waals surface area contributed by atoms with Gasteiger partial charge in [-0.2, -0.15) is 0 Å². The number of nitrogens with one attached hydrogen (secondary N) is 1. The van der Waals surface area contributed by atoms with E-state index in [9.17, 15) is 4.79 Å². The molecule has 0 saturated heterocycles. The molecule has 0 heterocycles. The van der Waals surface area contributed by atoms with Crippen molar-refractivity contribution in [1.29, 1.82) is 0 Å². The maximum absolute atomic E-state index is 10.8. The molecule has 0 aliphatic heterocycles. The van der Waals surface area contributed by atoms with E-state index in [0.717, 1.165) is 0 Å². The van der Waals surface area contributed by atoms with E-state index in [4.69, 9.17) is 15.9 Å². The topological polar surface area (TPSA) is 95.6 Å². The molecule has 11 heavy (non-hydrogen) atoms. The van der Waals surface area contributed by atoms with Gasteiger partial charge in [-0.05, 0) is 6.42 Å². The number of amides is 1. The molecule has 0 aromatic rings. The van der Waals surface area contributed by atoms with Crippen molar-refractivity contribution in [2.24, 2.45) is 5.73 Å². The zero-order chi connectivity index (χ0) is 8.69. The summed E-state index contributed by atoms with van der Waals surface area (Å²) in [7, 11) is 0. The Balaban J connectivity index is 3.47. The molecule has 0 radical (unpaired) electrons. The summed E-state index contributed by atoms with van der Waals surface area (Å²) < 4.78 is 0. The van der Waals surface area contributed by atoms with Gasteiger partial charge in [0, 0.05) is 13.2 Å². The summed E-state index contributed by atoms with van der Waals surface area (Å²) in [5, 5.41) is 19.1. The van der Waals surface area contributed by atoms with E-state index in [1.165, 1.54) is 0 Å². The molecular formula is C6H14N2O3. The number of hydrogen-bond acceptors (Lipinski definition) is 4. The van der Waals surface area contributed by atoms with Crippen LogP contribution in [0.2, 0.25) is 0 Å². The van der Waals surface area contributed by atoms with Gasteiger partial charge in [0.25, 0.3) is 0 Å². The molecule has 0 unspecified atom stereocenters. The van der Waals surface area contributed by atoms with Crippen LogP contribution in [0.4, 0.5) is 0 Å². The second-order valence-corrected chi connectivity index (χ2v) is 2.13. The summed E-state index contributed by atoms with van der Waals surface area (Å²) in [5.41, 5.74) is 5.31. The molecule has 0 saturated carbocycles. The van der Waals surface area contributed by atoms with Gasteiger partial charge in [0.15, 0.2) is 0 Å². The van der Waals surface area contributed by atoms with Crippen molar-refractivity contribution in [1.82, 2.24) is 5.32 Å². The third-order valence-electron chi connectivity index (χ3n) is 1.19. The zero-order valence-corrected chi connectivity index (χ0v) is 6.29. The average molecular weight is 162 g/mol. The van der Waals surface area contributed by atoms with Crippen molar-refractivity contribution in [3.63, 3.8) is 0 Å². The first-order valence-electron chi connectivity index (χ1n) is 3.47. The van der Waals surface area contributed by atoms with Crippen LogP contribution in [-0.2, 0) is 4.79 Å². The van der Waals surface area contributed by atoms with E-state index in [1.54, 1.807) is 0 Å². The molecule has 0 fully saturated rings. The molecule has 0 aliphatic carbocycles. The van der Waals surface area contributed by atoms with Gasteiger partial charge in [0.2, 0.25) is 5.91 Å². The second-order valence-electron chi connectivity index (χ2n) is 2.13. The Morgan fingerprint density at radius 3 is 2.55 bits per heavy atom. The first kappa shape index (κ1) is 10.3. The van der Waals surface area contributed by atoms with E-state index >= 15 is 0 Å². The van der Waals surface area contributed by atoms with E-state index in [0.29, 0.717) is 0 Å². The van der Waals surface area contributed by atoms with Gasteiger partial charge < -0.3 is 21.3 Å². The van der Waals surface area contributed by atoms with Crippen LogP contribution in [0.1, 0.15) is 6.42 Å². The summed E-state index contributed by atoms with van der Waals surface area (Å²) >= 11 is 0. The van der Waals surface area contributed by atoms with E-state index in [-0.39, 0.29) is 32.1 Å². The van der Waals surface area contributed by atoms with Gasteiger partial charge in [-0.3, -0.25) is 4.79 Å². The SMILES string of the molecule is N[C@@H](CCO)C(=O)NCCO. The summed E-state index contributed by atoms with van der Waals surface area (Å²) in [5.74, 6) is -0.340. The summed E-state index contributed by atoms with van der Waals surface area (Å²) in [6.07, 6.45) is 0.247. The highest BCUT2D eigenvalue weighted by molar-refractivity contribution is 5.81. The van der Waals surface area contributed by atoms with Crippen molar-refractivity contribution in [3.05, 3.63) is 0 Å². The van der Waals surface area contributed by atoms with Gasteiger partial charge in [0.05, 0.1) is 12.6 Å². The largest absolute Gasteiger partial charge is 0.396 e. The molecule has 1 amide bonds. The fourth-order valence-electron chi connectivity index (χ4n) is 0.580. The molecule has 1 atom stereocenters. The molecule has 5 heteroatoms. The van der Waals surface area contributed by atoms with Crippen molar-refractivity contribution < 1.29 is 15.0 Å². The molecule has 0 aromatic carbocycles. The number of aliphatic hydroxyl groups excluding tert-OH is 2. The number of nitrogens with two attached hydrogens (primary N) is 1. The first-order valence-corrected chi connectivity index (χ1v) is 3.47. The Bertz CT molecular complexity index is 118. The van der Waals surface area contributed by atoms with Crippen LogP contribution in [0.3, 0.4) is 0 Å². The van der Waals surface area contributed by atoms with E-state index in [2.05, 4.69) is 5.32 Å². The highest BCUT2D eigenvalue weighted by atomic mass is 16.3. The zero-order valence-electron chi connectivity index (χ0n) is 6.29. The predicted molar refractivity (Wildman–Crippen MR) is 39.8 cm³/mol. The van der Waals surface area contributed by atoms with Crippen molar-refractivity contribution >= 4 is 5.91 Å². The molecule has 0 bridgehead atoms. The monoisotopic (exact) mass is 162 g/mol. The van der Waals surface area contributed by atoms with Gasteiger partial charge in [-0.15, -0.1) is 0 Å². The normalized spacial score (nSPS) is 12.6. The van der Waals surface area contributed by atoms with Gasteiger partial charge in [-0.25, -0.2) is 0 Å². The number of rotatable bonds is 5. The highest BCUT2D eigenvalue weighted by Gasteiger charge is 2.10. The molecule has 0 aliphatic rings. The van der Waals surface area contributed by atoms with Crippen LogP contribution in [0.25, 0.3) is 0 Å². The number of carbonyl (C=O) groups is 1. The third-order valence-corrected chi connectivity index (χ3v) is 1.19. The minimum atomic E-state index is -0.674. The lowest BCUT2D eigenvalue weighted by Gasteiger charge is -2.08. The molecule has 0 rings (SSSR count). The van der Waals surface area contributed by atoms with Crippen molar-refractivity contribution in [2.75, 3.05) is 19.8 Å². The van der Waals surface area contributed by atoms with Crippen LogP contribution in [-0.4, -0.2) is 41.9 Å². The van der Waals surface area contributed by atoms with Gasteiger partial charge >= 0.3 is 0 Å². The number of hydrogen-bond donors (Lipinski definition) is 4. The van der Waals surface area contributed by atoms with E-state index in [1.807, 2.05) is 0 Å². The second kappa shape index (κ2) is 6.09. The smallest absolute Gasteiger partial charge is 0.237 e. The Morgan fingerprint density at radius 2 is 2.09 bits per heavy atom. The molecule has 0 spiro atoms. The molecule has 0 aromatic heterocycles. The molecule has 66 valence electrons. The fraction of sp³-hybridized carbons (Fsp3) is 0.833. The number of aliphatic hydroxyl groups is 2. The van der Waals surface area contributed by atoms with Crippen LogP contribution < -0.4 is 11.1 Å². The fourth-order valence-corrected chi connectivity index (χ4v) is 0.580. The minimum Gasteiger partial charge on any atom is -0.396 e. The van der Waals surface area contributed by atoms with Gasteiger partial charge in [0.1, 0.15) is 0 Å². The first-order chi connectivity index (χ1) is 5.22. The van der Waals surface area contributed by atoms with Crippen LogP contribution >= 0.6 is 0 Å². The molecule has 5 N–H and O–H groups in total. The lowest BCUT2D eigenvalue weighted by molar-refractivity contribution is -0.122. The Hall–Kier alpha value is -0.650. The quantitative estimate of drug-likeness (QED) is 0.369. The lowest BCUT2D eigenvalue weighted by Crippen LogP contribution is -2.42. The lowest BCUT2D eigenvalue weighted by atomic mass is 10.2. The average Bonchev–Trinajstić information content (AvgIpc) is 2.00. The summed E-state index contributed by atoms with van der Waals surface area (Å²) in [4.78, 5) is 10.8. The summed E-state index contributed by atoms with van der Waals surface area (Å²) in [6, 6.07) is -0.674. The van der Waals surface area contributed by atoms with E-state index < -0.39 is 6.04 Å². The third kappa shape index (κ3) is 4.72. The Morgan fingerprint density at radius 1 is 1.45 bits per heavy atom. The summed E-state index contributed by atoms with van der Waals surface area (Å²) in [6.45, 7) is 0.00323. The Labute approximate surface area is 65.2 Å². The maximum atomic E-state index is 10.8. The molecular weight excluding hydrogens is 148 g/mol. The van der Waals surface area contributed by atoms with Crippen molar-refractivity contribution in [2.45, 2.75) is 12.5 Å². The number of carbonyl (C=O) groups excluding carboxylic acids is 1. The van der Waals surface area contributed by atoms with Crippen LogP contribution in [0.5, 0.6) is 0 Å². The maximum Gasteiger partial charge on any atom is 0.237 e. The highest BCUT2D eigenvalue weighted by Crippen LogP contribution is 1.85. The van der Waals surface area contributed by atoms with Crippen LogP contribution in [0, 0.1) is 0 Å². The van der Waals surface area contributed by atoms with Crippen LogP contribution in [0.15, 0.2) is 0 Å².